The third-order valence-electron chi connectivity index (χ3n) is 9.29. The highest BCUT2D eigenvalue weighted by Gasteiger charge is 2.46. The van der Waals surface area contributed by atoms with E-state index in [-0.39, 0.29) is 50.6 Å². The van der Waals surface area contributed by atoms with Crippen molar-refractivity contribution in [2.75, 3.05) is 26.4 Å². The van der Waals surface area contributed by atoms with Crippen LogP contribution in [0.5, 0.6) is 0 Å². The van der Waals surface area contributed by atoms with E-state index in [1.807, 2.05) is 49.4 Å². The Balaban J connectivity index is 1.38. The van der Waals surface area contributed by atoms with Gasteiger partial charge in [0, 0.05) is 25.5 Å². The van der Waals surface area contributed by atoms with Gasteiger partial charge in [-0.05, 0) is 48.1 Å². The van der Waals surface area contributed by atoms with E-state index in [1.165, 1.54) is 0 Å². The number of rotatable bonds is 20. The lowest BCUT2D eigenvalue weighted by molar-refractivity contribution is -0.158. The van der Waals surface area contributed by atoms with Gasteiger partial charge in [0.1, 0.15) is 18.8 Å². The van der Waals surface area contributed by atoms with E-state index in [1.54, 1.807) is 72.8 Å². The Morgan fingerprint density at radius 3 is 2.20 bits per heavy atom. The van der Waals surface area contributed by atoms with Crippen LogP contribution in [0, 0.1) is 12.8 Å². The largest absolute Gasteiger partial charge is 0.453 e. The van der Waals surface area contributed by atoms with Crippen molar-refractivity contribution < 1.29 is 48.0 Å². The normalized spacial score (nSPS) is 15.8. The summed E-state index contributed by atoms with van der Waals surface area (Å²) >= 11 is 0. The molecule has 0 saturated carbocycles. The predicted molar refractivity (Wildman–Crippen MR) is 208 cm³/mol. The van der Waals surface area contributed by atoms with Crippen LogP contribution in [0.15, 0.2) is 121 Å². The Bertz CT molecular complexity index is 1960. The molecule has 0 unspecified atom stereocenters. The van der Waals surface area contributed by atoms with Gasteiger partial charge in [-0.25, -0.2) is 9.69 Å². The summed E-state index contributed by atoms with van der Waals surface area (Å²) in [5, 5.41) is 9.77. The number of imide groups is 1. The van der Waals surface area contributed by atoms with E-state index in [0.29, 0.717) is 29.7 Å². The van der Waals surface area contributed by atoms with Crippen molar-refractivity contribution in [2.24, 2.45) is 5.92 Å². The van der Waals surface area contributed by atoms with Gasteiger partial charge >= 0.3 is 12.1 Å². The quantitative estimate of drug-likeness (QED) is 0.0610. The van der Waals surface area contributed by atoms with Gasteiger partial charge in [0.15, 0.2) is 17.7 Å². The summed E-state index contributed by atoms with van der Waals surface area (Å²) in [5.41, 5.74) is 3.66. The molecule has 0 aliphatic carbocycles. The minimum atomic E-state index is -1.69. The van der Waals surface area contributed by atoms with Crippen LogP contribution in [-0.2, 0) is 51.2 Å². The second-order valence-corrected chi connectivity index (χ2v) is 13.6. The number of ether oxygens (including phenoxy) is 4. The van der Waals surface area contributed by atoms with Crippen molar-refractivity contribution in [1.82, 2.24) is 4.90 Å². The number of benzene rings is 4. The molecule has 292 valence electrons. The first-order chi connectivity index (χ1) is 27.1. The second-order valence-electron chi connectivity index (χ2n) is 13.6. The number of hydrogen-bond donors (Lipinski definition) is 1. The van der Waals surface area contributed by atoms with E-state index in [0.717, 1.165) is 29.0 Å². The number of carbonyl (C=O) groups is 5. The summed E-state index contributed by atoms with van der Waals surface area (Å²) in [7, 11) is 0. The lowest BCUT2D eigenvalue weighted by Crippen LogP contribution is -2.47. The molecule has 4 atom stereocenters. The van der Waals surface area contributed by atoms with Gasteiger partial charge in [-0.1, -0.05) is 121 Å². The first-order valence-corrected chi connectivity index (χ1v) is 18.6. The summed E-state index contributed by atoms with van der Waals surface area (Å²) in [5.74, 6) is -4.09. The maximum atomic E-state index is 14.5. The lowest BCUT2D eigenvalue weighted by Gasteiger charge is -2.29. The second kappa shape index (κ2) is 20.8. The number of carbonyl (C=O) groups excluding carboxylic acids is 5. The molecule has 5 rings (SSSR count). The summed E-state index contributed by atoms with van der Waals surface area (Å²) < 4.78 is 22.5. The minimum absolute atomic E-state index is 0.00466. The predicted octanol–water partition coefficient (Wildman–Crippen LogP) is 6.40. The van der Waals surface area contributed by atoms with Crippen molar-refractivity contribution in [3.63, 3.8) is 0 Å². The summed E-state index contributed by atoms with van der Waals surface area (Å²) in [6.45, 7) is 3.28. The van der Waals surface area contributed by atoms with E-state index in [4.69, 9.17) is 18.9 Å². The molecule has 11 nitrogen and oxygen atoms in total. The summed E-state index contributed by atoms with van der Waals surface area (Å²) in [6, 6.07) is 33.7. The number of aliphatic hydroxyl groups is 1. The number of ketones is 2. The number of aliphatic hydroxyl groups excluding tert-OH is 1. The number of esters is 1. The van der Waals surface area contributed by atoms with Crippen LogP contribution in [-0.4, -0.2) is 78.2 Å². The Kier molecular flexibility index (Phi) is 15.4. The van der Waals surface area contributed by atoms with Gasteiger partial charge in [-0.3, -0.25) is 19.2 Å². The minimum Gasteiger partial charge on any atom is -0.453 e. The zero-order valence-corrected chi connectivity index (χ0v) is 31.6. The van der Waals surface area contributed by atoms with E-state index < -0.39 is 47.9 Å². The fourth-order valence-electron chi connectivity index (χ4n) is 6.46. The van der Waals surface area contributed by atoms with E-state index in [2.05, 4.69) is 0 Å². The average molecular weight is 762 g/mol. The Morgan fingerprint density at radius 2 is 1.55 bits per heavy atom. The van der Waals surface area contributed by atoms with Gasteiger partial charge in [0.25, 0.3) is 0 Å². The number of hydrogen-bond acceptors (Lipinski definition) is 10. The zero-order valence-electron chi connectivity index (χ0n) is 31.6. The third-order valence-corrected chi connectivity index (χ3v) is 9.29. The first-order valence-electron chi connectivity index (χ1n) is 18.6. The van der Waals surface area contributed by atoms with Crippen molar-refractivity contribution in [2.45, 2.75) is 58.0 Å². The van der Waals surface area contributed by atoms with Crippen LogP contribution in [0.2, 0.25) is 0 Å². The number of allylic oxidation sites excluding steroid dienone is 1. The molecule has 1 saturated heterocycles. The molecular weight excluding hydrogens is 714 g/mol. The van der Waals surface area contributed by atoms with Gasteiger partial charge in [-0.2, -0.15) is 0 Å². The molecule has 1 aliphatic heterocycles. The van der Waals surface area contributed by atoms with Crippen LogP contribution in [0.1, 0.15) is 53.6 Å². The van der Waals surface area contributed by atoms with Crippen molar-refractivity contribution in [3.05, 3.63) is 149 Å². The van der Waals surface area contributed by atoms with Crippen LogP contribution >= 0.6 is 0 Å². The first kappa shape index (κ1) is 41.4. The maximum Gasteiger partial charge on any atom is 0.417 e. The Labute approximate surface area is 326 Å². The highest BCUT2D eigenvalue weighted by atomic mass is 16.6. The van der Waals surface area contributed by atoms with Crippen molar-refractivity contribution in [1.29, 1.82) is 0 Å². The molecule has 1 aliphatic rings. The summed E-state index contributed by atoms with van der Waals surface area (Å²) in [4.78, 5) is 69.6. The third kappa shape index (κ3) is 11.6. The molecule has 0 spiro atoms. The highest BCUT2D eigenvalue weighted by Crippen LogP contribution is 2.32. The van der Waals surface area contributed by atoms with Gasteiger partial charge in [0.05, 0.1) is 25.7 Å². The lowest BCUT2D eigenvalue weighted by atomic mass is 9.87. The zero-order chi connectivity index (χ0) is 39.9. The van der Waals surface area contributed by atoms with Crippen LogP contribution in [0.3, 0.4) is 0 Å². The molecule has 4 aromatic rings. The number of nitrogens with zero attached hydrogens (tertiary/aromatic N) is 1. The molecule has 56 heavy (non-hydrogen) atoms. The van der Waals surface area contributed by atoms with Crippen LogP contribution < -0.4 is 0 Å². The molecular formula is C45H47NO10. The molecule has 2 amide bonds. The molecule has 0 radical (unpaired) electrons. The number of aryl methyl sites for hydroxylation is 1. The fraction of sp³-hybridized carbons (Fsp3) is 0.311. The number of Topliss-reactive ketones (excluding diaryl/α,β-unsaturated/α-hetero) is 1. The number of amides is 2. The molecule has 1 heterocycles. The standard InChI is InChI=1S/C45H47NO10/c1-31-14-12-21-36(24-31)38(41(49)22-13-23-53-29-37(27-47)54-28-34-17-8-4-9-18-34)26-42(50)43(56-32(2)48)39(25-33-15-6-3-7-16-33)44(51)46-40(30-55-45(46)52)35-19-10-5-11-20-35/h3-12,14-21,24,26,37,39-40,43,47H,13,22-23,25,27-30H2,1-2H3/t37-,39-,40+,43-/m1/s1. The summed E-state index contributed by atoms with van der Waals surface area (Å²) in [6.07, 6.45) is -1.74. The molecule has 1 N–H and O–H groups in total. The Hall–Kier alpha value is -5.75. The highest BCUT2D eigenvalue weighted by molar-refractivity contribution is 6.25. The van der Waals surface area contributed by atoms with E-state index >= 15 is 0 Å². The van der Waals surface area contributed by atoms with Crippen molar-refractivity contribution in [3.8, 4) is 0 Å². The molecule has 4 aromatic carbocycles. The van der Waals surface area contributed by atoms with E-state index in [9.17, 15) is 29.1 Å². The molecule has 0 aromatic heterocycles. The van der Waals surface area contributed by atoms with Gasteiger partial charge in [0.2, 0.25) is 5.91 Å². The van der Waals surface area contributed by atoms with Crippen molar-refractivity contribution >= 4 is 35.1 Å². The van der Waals surface area contributed by atoms with Gasteiger partial charge < -0.3 is 24.1 Å². The monoisotopic (exact) mass is 761 g/mol. The maximum absolute atomic E-state index is 14.5. The topological polar surface area (TPSA) is 146 Å². The SMILES string of the molecule is CC(=O)O[C@@H](C(=O)C=C(C(=O)CCCOC[C@@H](CO)OCc1ccccc1)c1cccc(C)c1)[C@@H](Cc1ccccc1)C(=O)N1C(=O)OC[C@H]1c1ccccc1. The molecule has 11 heteroatoms. The molecule has 0 bridgehead atoms. The smallest absolute Gasteiger partial charge is 0.417 e. The fourth-order valence-corrected chi connectivity index (χ4v) is 6.46. The van der Waals surface area contributed by atoms with Gasteiger partial charge in [-0.15, -0.1) is 0 Å². The number of cyclic esters (lactones) is 1. The molecule has 1 fully saturated rings. The Morgan fingerprint density at radius 1 is 0.893 bits per heavy atom. The average Bonchev–Trinajstić information content (AvgIpc) is 3.60. The van der Waals surface area contributed by atoms with Crippen LogP contribution in [0.4, 0.5) is 4.79 Å². The van der Waals surface area contributed by atoms with Crippen LogP contribution in [0.25, 0.3) is 5.57 Å².